The maximum Gasteiger partial charge on any atom is 0.257 e. The molecule has 2 heterocycles. The monoisotopic (exact) mass is 494 g/mol. The molecule has 0 radical (unpaired) electrons. The molecule has 0 atom stereocenters. The van der Waals surface area contributed by atoms with Gasteiger partial charge in [0, 0.05) is 32.2 Å². The molecule has 2 aliphatic rings. The predicted octanol–water partition coefficient (Wildman–Crippen LogP) is 3.18. The number of hydrogen-bond acceptors (Lipinski definition) is 6. The van der Waals surface area contributed by atoms with Gasteiger partial charge in [-0.15, -0.1) is 0 Å². The van der Waals surface area contributed by atoms with E-state index >= 15 is 0 Å². The van der Waals surface area contributed by atoms with E-state index in [-0.39, 0.29) is 37.0 Å². The smallest absolute Gasteiger partial charge is 0.257 e. The van der Waals surface area contributed by atoms with Crippen molar-refractivity contribution in [2.45, 2.75) is 11.5 Å². The van der Waals surface area contributed by atoms with Gasteiger partial charge in [0.05, 0.1) is 10.5 Å². The van der Waals surface area contributed by atoms with Gasteiger partial charge >= 0.3 is 0 Å². The molecule has 0 bridgehead atoms. The number of sulfonamides is 1. The van der Waals surface area contributed by atoms with Crippen LogP contribution in [0.15, 0.2) is 77.7 Å². The Morgan fingerprint density at radius 2 is 1.51 bits per heavy atom. The van der Waals surface area contributed by atoms with Crippen LogP contribution in [0.4, 0.5) is 0 Å². The topological polar surface area (TPSA) is 85.4 Å². The fraction of sp³-hybridized carbons (Fsp3) is 0.269. The number of piperazine rings is 1. The summed E-state index contributed by atoms with van der Waals surface area (Å²) in [7, 11) is -3.72. The minimum atomic E-state index is -3.72. The van der Waals surface area contributed by atoms with E-state index in [0.29, 0.717) is 42.6 Å². The summed E-state index contributed by atoms with van der Waals surface area (Å²) in [6.07, 6.45) is 0. The van der Waals surface area contributed by atoms with Gasteiger partial charge in [0.15, 0.2) is 11.5 Å². The lowest BCUT2D eigenvalue weighted by molar-refractivity contribution is 0.0693. The van der Waals surface area contributed by atoms with Crippen LogP contribution in [0.25, 0.3) is 0 Å². The second kappa shape index (κ2) is 9.97. The normalized spacial score (nSPS) is 16.1. The third kappa shape index (κ3) is 4.96. The Hall–Kier alpha value is -3.56. The van der Waals surface area contributed by atoms with Crippen molar-refractivity contribution < 1.29 is 27.4 Å². The summed E-state index contributed by atoms with van der Waals surface area (Å²) in [4.78, 5) is 15.1. The fourth-order valence-electron chi connectivity index (χ4n) is 4.14. The molecule has 5 rings (SSSR count). The summed E-state index contributed by atoms with van der Waals surface area (Å²) >= 11 is 0. The predicted molar refractivity (Wildman–Crippen MR) is 129 cm³/mol. The molecule has 1 saturated heterocycles. The Morgan fingerprint density at radius 1 is 0.829 bits per heavy atom. The molecule has 0 aliphatic carbocycles. The lowest BCUT2D eigenvalue weighted by atomic mass is 10.1. The van der Waals surface area contributed by atoms with Crippen molar-refractivity contribution in [1.29, 1.82) is 0 Å². The van der Waals surface area contributed by atoms with Crippen molar-refractivity contribution in [2.75, 3.05) is 39.4 Å². The van der Waals surface area contributed by atoms with Gasteiger partial charge in [-0.3, -0.25) is 4.79 Å². The van der Waals surface area contributed by atoms with Gasteiger partial charge in [-0.2, -0.15) is 4.31 Å². The van der Waals surface area contributed by atoms with Crippen molar-refractivity contribution in [3.8, 4) is 17.2 Å². The zero-order valence-electron chi connectivity index (χ0n) is 19.1. The molecule has 0 unspecified atom stereocenters. The van der Waals surface area contributed by atoms with E-state index in [0.717, 1.165) is 5.56 Å². The largest absolute Gasteiger partial charge is 0.488 e. The third-order valence-electron chi connectivity index (χ3n) is 6.03. The van der Waals surface area contributed by atoms with E-state index in [1.54, 1.807) is 29.2 Å². The summed E-state index contributed by atoms with van der Waals surface area (Å²) in [6, 6.07) is 21.5. The molecule has 3 aromatic rings. The zero-order valence-corrected chi connectivity index (χ0v) is 19.9. The first-order valence-corrected chi connectivity index (χ1v) is 12.9. The van der Waals surface area contributed by atoms with Crippen LogP contribution in [0, 0.1) is 0 Å². The molecule has 0 spiro atoms. The van der Waals surface area contributed by atoms with Crippen molar-refractivity contribution in [1.82, 2.24) is 9.21 Å². The minimum absolute atomic E-state index is 0.154. The second-order valence-electron chi connectivity index (χ2n) is 8.27. The Balaban J connectivity index is 1.25. The first-order chi connectivity index (χ1) is 17.0. The number of carbonyl (C=O) groups is 1. The molecule has 182 valence electrons. The highest BCUT2D eigenvalue weighted by molar-refractivity contribution is 7.89. The average molecular weight is 495 g/mol. The van der Waals surface area contributed by atoms with Crippen LogP contribution in [0.5, 0.6) is 17.2 Å². The third-order valence-corrected chi connectivity index (χ3v) is 7.93. The van der Waals surface area contributed by atoms with E-state index in [4.69, 9.17) is 14.2 Å². The van der Waals surface area contributed by atoms with E-state index in [1.807, 2.05) is 36.4 Å². The van der Waals surface area contributed by atoms with Gasteiger partial charge in [-0.1, -0.05) is 42.5 Å². The quantitative estimate of drug-likeness (QED) is 0.523. The molecule has 2 aliphatic heterocycles. The average Bonchev–Trinajstić information content (AvgIpc) is 2.92. The van der Waals surface area contributed by atoms with E-state index in [1.165, 1.54) is 16.4 Å². The number of carbonyl (C=O) groups excluding carboxylic acids is 1. The van der Waals surface area contributed by atoms with Crippen LogP contribution in [-0.4, -0.2) is 62.9 Å². The summed E-state index contributed by atoms with van der Waals surface area (Å²) in [6.45, 7) is 2.16. The summed E-state index contributed by atoms with van der Waals surface area (Å²) in [5.41, 5.74) is 1.47. The standard InChI is InChI=1S/C26H26N2O6S/c29-26(22-8-4-5-9-23(22)34-19-20-6-2-1-3-7-20)27-12-14-28(15-13-27)35(30,31)21-10-11-24-25(18-21)33-17-16-32-24/h1-11,18H,12-17,19H2. The number of fused-ring (bicyclic) bond motifs is 1. The van der Waals surface area contributed by atoms with E-state index in [2.05, 4.69) is 0 Å². The van der Waals surface area contributed by atoms with Gasteiger partial charge in [0.2, 0.25) is 10.0 Å². The van der Waals surface area contributed by atoms with Gasteiger partial charge in [0.1, 0.15) is 25.6 Å². The Kier molecular flexibility index (Phi) is 6.61. The summed E-state index contributed by atoms with van der Waals surface area (Å²) in [5, 5.41) is 0. The molecule has 3 aromatic carbocycles. The molecular formula is C26H26N2O6S. The number of para-hydroxylation sites is 1. The van der Waals surface area contributed by atoms with Gasteiger partial charge < -0.3 is 19.1 Å². The second-order valence-corrected chi connectivity index (χ2v) is 10.2. The van der Waals surface area contributed by atoms with Crippen LogP contribution in [0.1, 0.15) is 15.9 Å². The van der Waals surface area contributed by atoms with Crippen molar-refractivity contribution in [3.05, 3.63) is 83.9 Å². The van der Waals surface area contributed by atoms with Crippen molar-refractivity contribution in [2.24, 2.45) is 0 Å². The van der Waals surface area contributed by atoms with Crippen LogP contribution >= 0.6 is 0 Å². The molecule has 1 amide bonds. The molecule has 1 fully saturated rings. The molecule has 35 heavy (non-hydrogen) atoms. The first-order valence-electron chi connectivity index (χ1n) is 11.5. The molecule has 8 nitrogen and oxygen atoms in total. The Bertz CT molecular complexity index is 1300. The highest BCUT2D eigenvalue weighted by atomic mass is 32.2. The number of rotatable bonds is 6. The molecule has 0 N–H and O–H groups in total. The highest BCUT2D eigenvalue weighted by Gasteiger charge is 2.32. The van der Waals surface area contributed by atoms with Crippen LogP contribution in [-0.2, 0) is 16.6 Å². The number of nitrogens with zero attached hydrogens (tertiary/aromatic N) is 2. The van der Waals surface area contributed by atoms with Crippen LogP contribution < -0.4 is 14.2 Å². The number of amides is 1. The SMILES string of the molecule is O=C(c1ccccc1OCc1ccccc1)N1CCN(S(=O)(=O)c2ccc3c(c2)OCCO3)CC1. The van der Waals surface area contributed by atoms with E-state index < -0.39 is 10.0 Å². The number of ether oxygens (including phenoxy) is 3. The van der Waals surface area contributed by atoms with Gasteiger partial charge in [-0.25, -0.2) is 8.42 Å². The Morgan fingerprint density at radius 3 is 2.29 bits per heavy atom. The summed E-state index contributed by atoms with van der Waals surface area (Å²) in [5.74, 6) is 1.30. The van der Waals surface area contributed by atoms with Crippen molar-refractivity contribution in [3.63, 3.8) is 0 Å². The lowest BCUT2D eigenvalue weighted by Crippen LogP contribution is -2.50. The molecule has 0 aromatic heterocycles. The van der Waals surface area contributed by atoms with Crippen LogP contribution in [0.2, 0.25) is 0 Å². The molecule has 9 heteroatoms. The van der Waals surface area contributed by atoms with Crippen LogP contribution in [0.3, 0.4) is 0 Å². The fourth-order valence-corrected chi connectivity index (χ4v) is 5.58. The van der Waals surface area contributed by atoms with Gasteiger partial charge in [0.25, 0.3) is 5.91 Å². The molecule has 0 saturated carbocycles. The summed E-state index contributed by atoms with van der Waals surface area (Å²) < 4.78 is 44.8. The molecular weight excluding hydrogens is 468 g/mol. The lowest BCUT2D eigenvalue weighted by Gasteiger charge is -2.34. The minimum Gasteiger partial charge on any atom is -0.488 e. The number of hydrogen-bond donors (Lipinski definition) is 0. The Labute approximate surface area is 204 Å². The maximum atomic E-state index is 13.3. The maximum absolute atomic E-state index is 13.3. The highest BCUT2D eigenvalue weighted by Crippen LogP contribution is 2.33. The van der Waals surface area contributed by atoms with Gasteiger partial charge in [-0.05, 0) is 29.8 Å². The van der Waals surface area contributed by atoms with Crippen molar-refractivity contribution >= 4 is 15.9 Å². The zero-order chi connectivity index (χ0) is 24.3. The van der Waals surface area contributed by atoms with E-state index in [9.17, 15) is 13.2 Å². The number of benzene rings is 3. The first kappa shape index (κ1) is 23.2.